The maximum atomic E-state index is 6.07. The second-order valence-electron chi connectivity index (χ2n) is 4.12. The summed E-state index contributed by atoms with van der Waals surface area (Å²) < 4.78 is 0. The lowest BCUT2D eigenvalue weighted by Gasteiger charge is -2.10. The SMILES string of the molecule is Cc1ccc(NC(=S)NCc2ccccc2Cl)nc1. The third-order valence-electron chi connectivity index (χ3n) is 2.55. The van der Waals surface area contributed by atoms with Crippen molar-refractivity contribution >= 4 is 34.7 Å². The minimum absolute atomic E-state index is 0.524. The van der Waals surface area contributed by atoms with Crippen molar-refractivity contribution < 1.29 is 0 Å². The Hall–Kier alpha value is -1.65. The lowest BCUT2D eigenvalue weighted by molar-refractivity contribution is 0.925. The van der Waals surface area contributed by atoms with Gasteiger partial charge in [-0.2, -0.15) is 0 Å². The number of aromatic nitrogens is 1. The van der Waals surface area contributed by atoms with Gasteiger partial charge >= 0.3 is 0 Å². The van der Waals surface area contributed by atoms with E-state index in [1.807, 2.05) is 43.3 Å². The molecule has 2 aromatic rings. The molecule has 0 amide bonds. The molecule has 0 aliphatic carbocycles. The van der Waals surface area contributed by atoms with E-state index in [1.54, 1.807) is 6.20 Å². The van der Waals surface area contributed by atoms with Crippen LogP contribution in [0.2, 0.25) is 5.02 Å². The summed E-state index contributed by atoms with van der Waals surface area (Å²) in [6.07, 6.45) is 1.79. The molecule has 0 aliphatic heterocycles. The number of rotatable bonds is 3. The predicted molar refractivity (Wildman–Crippen MR) is 83.5 cm³/mol. The van der Waals surface area contributed by atoms with Gasteiger partial charge in [-0.15, -0.1) is 0 Å². The van der Waals surface area contributed by atoms with Crippen molar-refractivity contribution in [2.45, 2.75) is 13.5 Å². The molecule has 0 unspecified atom stereocenters. The first-order valence-corrected chi connectivity index (χ1v) is 6.64. The standard InChI is InChI=1S/C14H14ClN3S/c1-10-6-7-13(16-8-10)18-14(19)17-9-11-4-2-3-5-12(11)15/h2-8H,9H2,1H3,(H2,16,17,18,19). The van der Waals surface area contributed by atoms with Crippen LogP contribution in [0.3, 0.4) is 0 Å². The second-order valence-corrected chi connectivity index (χ2v) is 4.94. The summed E-state index contributed by atoms with van der Waals surface area (Å²) in [6.45, 7) is 2.57. The van der Waals surface area contributed by atoms with Crippen molar-refractivity contribution in [3.05, 3.63) is 58.7 Å². The maximum absolute atomic E-state index is 6.07. The fourth-order valence-electron chi connectivity index (χ4n) is 1.52. The molecule has 0 saturated carbocycles. The van der Waals surface area contributed by atoms with Gasteiger partial charge in [-0.25, -0.2) is 4.98 Å². The smallest absolute Gasteiger partial charge is 0.172 e. The van der Waals surface area contributed by atoms with Crippen LogP contribution in [-0.4, -0.2) is 10.1 Å². The molecule has 2 rings (SSSR count). The molecule has 0 aliphatic rings. The zero-order valence-electron chi connectivity index (χ0n) is 10.5. The summed E-state index contributed by atoms with van der Waals surface area (Å²) >= 11 is 11.3. The van der Waals surface area contributed by atoms with E-state index in [1.165, 1.54) is 0 Å². The second kappa shape index (κ2) is 6.50. The monoisotopic (exact) mass is 291 g/mol. The topological polar surface area (TPSA) is 37.0 Å². The Labute approximate surface area is 123 Å². The highest BCUT2D eigenvalue weighted by atomic mass is 35.5. The molecule has 0 bridgehead atoms. The lowest BCUT2D eigenvalue weighted by atomic mass is 10.2. The van der Waals surface area contributed by atoms with Gasteiger partial charge in [-0.05, 0) is 42.4 Å². The molecule has 0 spiro atoms. The van der Waals surface area contributed by atoms with Gasteiger partial charge in [0.2, 0.25) is 0 Å². The number of nitrogens with one attached hydrogen (secondary N) is 2. The molecule has 1 aromatic heterocycles. The van der Waals surface area contributed by atoms with Crippen LogP contribution in [0.4, 0.5) is 5.82 Å². The number of nitrogens with zero attached hydrogens (tertiary/aromatic N) is 1. The van der Waals surface area contributed by atoms with Crippen molar-refractivity contribution in [1.82, 2.24) is 10.3 Å². The van der Waals surface area contributed by atoms with Crippen LogP contribution in [0.5, 0.6) is 0 Å². The molecule has 3 nitrogen and oxygen atoms in total. The minimum Gasteiger partial charge on any atom is -0.358 e. The van der Waals surface area contributed by atoms with Crippen LogP contribution < -0.4 is 10.6 Å². The van der Waals surface area contributed by atoms with Gasteiger partial charge < -0.3 is 10.6 Å². The fraction of sp³-hybridized carbons (Fsp3) is 0.143. The van der Waals surface area contributed by atoms with E-state index >= 15 is 0 Å². The third-order valence-corrected chi connectivity index (χ3v) is 3.17. The summed E-state index contributed by atoms with van der Waals surface area (Å²) in [7, 11) is 0. The molecular formula is C14H14ClN3S. The van der Waals surface area contributed by atoms with Gasteiger partial charge in [0.1, 0.15) is 5.82 Å². The van der Waals surface area contributed by atoms with E-state index in [4.69, 9.17) is 23.8 Å². The molecule has 1 aromatic carbocycles. The molecular weight excluding hydrogens is 278 g/mol. The van der Waals surface area contributed by atoms with E-state index in [-0.39, 0.29) is 0 Å². The average molecular weight is 292 g/mol. The number of anilines is 1. The first kappa shape index (κ1) is 13.8. The molecule has 5 heteroatoms. The first-order chi connectivity index (χ1) is 9.15. The molecule has 1 heterocycles. The Balaban J connectivity index is 1.88. The van der Waals surface area contributed by atoms with Crippen LogP contribution in [0.1, 0.15) is 11.1 Å². The first-order valence-electron chi connectivity index (χ1n) is 5.86. The van der Waals surface area contributed by atoms with Crippen LogP contribution in [0, 0.1) is 6.92 Å². The van der Waals surface area contributed by atoms with Gasteiger partial charge in [0.25, 0.3) is 0 Å². The molecule has 19 heavy (non-hydrogen) atoms. The Kier molecular flexibility index (Phi) is 4.71. The molecule has 0 radical (unpaired) electrons. The highest BCUT2D eigenvalue weighted by Crippen LogP contribution is 2.14. The zero-order chi connectivity index (χ0) is 13.7. The summed E-state index contributed by atoms with van der Waals surface area (Å²) in [5.41, 5.74) is 2.12. The molecule has 98 valence electrons. The Bertz CT molecular complexity index is 569. The molecule has 0 saturated heterocycles. The molecule has 2 N–H and O–H groups in total. The highest BCUT2D eigenvalue weighted by Gasteiger charge is 2.01. The minimum atomic E-state index is 0.524. The lowest BCUT2D eigenvalue weighted by Crippen LogP contribution is -2.28. The fourth-order valence-corrected chi connectivity index (χ4v) is 1.90. The number of hydrogen-bond acceptors (Lipinski definition) is 2. The van der Waals surface area contributed by atoms with E-state index in [0.717, 1.165) is 22.0 Å². The summed E-state index contributed by atoms with van der Waals surface area (Å²) in [6, 6.07) is 11.5. The quantitative estimate of drug-likeness (QED) is 0.848. The number of pyridine rings is 1. The maximum Gasteiger partial charge on any atom is 0.172 e. The van der Waals surface area contributed by atoms with Gasteiger partial charge in [-0.3, -0.25) is 0 Å². The van der Waals surface area contributed by atoms with Crippen LogP contribution >= 0.6 is 23.8 Å². The number of hydrogen-bond donors (Lipinski definition) is 2. The van der Waals surface area contributed by atoms with E-state index in [9.17, 15) is 0 Å². The normalized spacial score (nSPS) is 10.0. The van der Waals surface area contributed by atoms with Gasteiger partial charge in [0.05, 0.1) is 0 Å². The van der Waals surface area contributed by atoms with E-state index < -0.39 is 0 Å². The van der Waals surface area contributed by atoms with Crippen molar-refractivity contribution in [2.24, 2.45) is 0 Å². The number of aryl methyl sites for hydroxylation is 1. The number of benzene rings is 1. The van der Waals surface area contributed by atoms with Gasteiger partial charge in [0, 0.05) is 17.8 Å². The van der Waals surface area contributed by atoms with E-state index in [0.29, 0.717) is 11.7 Å². The Morgan fingerprint density at radius 3 is 2.74 bits per heavy atom. The number of halogens is 1. The summed E-state index contributed by atoms with van der Waals surface area (Å²) in [5, 5.41) is 7.38. The van der Waals surface area contributed by atoms with Crippen LogP contribution in [0.15, 0.2) is 42.6 Å². The Morgan fingerprint density at radius 1 is 1.26 bits per heavy atom. The van der Waals surface area contributed by atoms with Crippen molar-refractivity contribution in [3.8, 4) is 0 Å². The van der Waals surface area contributed by atoms with E-state index in [2.05, 4.69) is 15.6 Å². The van der Waals surface area contributed by atoms with Crippen LogP contribution in [-0.2, 0) is 6.54 Å². The number of thiocarbonyl (C=S) groups is 1. The molecule has 0 fully saturated rings. The largest absolute Gasteiger partial charge is 0.358 e. The zero-order valence-corrected chi connectivity index (χ0v) is 12.1. The van der Waals surface area contributed by atoms with Gasteiger partial charge in [0.15, 0.2) is 5.11 Å². The third kappa shape index (κ3) is 4.19. The van der Waals surface area contributed by atoms with Crippen molar-refractivity contribution in [2.75, 3.05) is 5.32 Å². The van der Waals surface area contributed by atoms with Gasteiger partial charge in [-0.1, -0.05) is 35.9 Å². The summed E-state index contributed by atoms with van der Waals surface area (Å²) in [4.78, 5) is 4.23. The average Bonchev–Trinajstić information content (AvgIpc) is 2.40. The van der Waals surface area contributed by atoms with Crippen LogP contribution in [0.25, 0.3) is 0 Å². The highest BCUT2D eigenvalue weighted by molar-refractivity contribution is 7.80. The predicted octanol–water partition coefficient (Wildman–Crippen LogP) is 3.53. The summed E-state index contributed by atoms with van der Waals surface area (Å²) in [5.74, 6) is 0.724. The molecule has 0 atom stereocenters. The van der Waals surface area contributed by atoms with Crippen molar-refractivity contribution in [1.29, 1.82) is 0 Å². The van der Waals surface area contributed by atoms with Crippen molar-refractivity contribution in [3.63, 3.8) is 0 Å². The Morgan fingerprint density at radius 2 is 2.05 bits per heavy atom.